The molecule has 0 spiro atoms. The summed E-state index contributed by atoms with van der Waals surface area (Å²) in [6.45, 7) is 6.22. The maximum Gasteiger partial charge on any atom is 0.0971 e. The third-order valence-electron chi connectivity index (χ3n) is 3.42. The van der Waals surface area contributed by atoms with Gasteiger partial charge in [0.2, 0.25) is 0 Å². The second-order valence-electron chi connectivity index (χ2n) is 4.86. The smallest absolute Gasteiger partial charge is 0.0971 e. The lowest BCUT2D eigenvalue weighted by Crippen LogP contribution is -2.42. The van der Waals surface area contributed by atoms with Crippen molar-refractivity contribution >= 4 is 0 Å². The Morgan fingerprint density at radius 1 is 1.00 bits per heavy atom. The fourth-order valence-electron chi connectivity index (χ4n) is 2.49. The van der Waals surface area contributed by atoms with Crippen molar-refractivity contribution in [3.8, 4) is 0 Å². The number of hydrogen-bond donors (Lipinski definition) is 1. The first-order valence-corrected chi connectivity index (χ1v) is 6.66. The van der Waals surface area contributed by atoms with Gasteiger partial charge in [0.15, 0.2) is 0 Å². The topological polar surface area (TPSA) is 21.3 Å². The molecule has 0 aromatic rings. The minimum atomic E-state index is 0.320. The molecule has 1 heterocycles. The summed E-state index contributed by atoms with van der Waals surface area (Å²) in [5.74, 6) is 0. The Balaban J connectivity index is 2.14. The molecule has 0 radical (unpaired) electrons. The quantitative estimate of drug-likeness (QED) is 0.623. The van der Waals surface area contributed by atoms with Crippen molar-refractivity contribution in [2.75, 3.05) is 13.3 Å². The number of hydrogen-bond acceptors (Lipinski definition) is 2. The van der Waals surface area contributed by atoms with Crippen LogP contribution in [0.5, 0.6) is 0 Å². The highest BCUT2D eigenvalue weighted by atomic mass is 16.5. The average Bonchev–Trinajstić information content (AvgIpc) is 2.67. The van der Waals surface area contributed by atoms with Gasteiger partial charge in [-0.05, 0) is 12.8 Å². The molecule has 1 fully saturated rings. The lowest BCUT2D eigenvalue weighted by molar-refractivity contribution is 0.169. The summed E-state index contributed by atoms with van der Waals surface area (Å²) in [5, 5.41) is 3.54. The van der Waals surface area contributed by atoms with Crippen LogP contribution in [0.15, 0.2) is 0 Å². The molecule has 1 unspecified atom stereocenters. The van der Waals surface area contributed by atoms with E-state index in [9.17, 15) is 0 Å². The van der Waals surface area contributed by atoms with Crippen LogP contribution in [0.3, 0.4) is 0 Å². The molecular weight excluding hydrogens is 186 g/mol. The van der Waals surface area contributed by atoms with Crippen molar-refractivity contribution in [1.29, 1.82) is 0 Å². The van der Waals surface area contributed by atoms with E-state index in [1.807, 2.05) is 0 Å². The maximum absolute atomic E-state index is 5.48. The summed E-state index contributed by atoms with van der Waals surface area (Å²) in [4.78, 5) is 0. The highest BCUT2D eigenvalue weighted by Crippen LogP contribution is 2.25. The molecule has 0 aromatic heterocycles. The monoisotopic (exact) mass is 213 g/mol. The highest BCUT2D eigenvalue weighted by Gasteiger charge is 2.32. The van der Waals surface area contributed by atoms with Crippen LogP contribution in [0.25, 0.3) is 0 Å². The SMILES string of the molecule is CCCCCCCC1(CCC)COCN1. The molecule has 1 N–H and O–H groups in total. The summed E-state index contributed by atoms with van der Waals surface area (Å²) in [7, 11) is 0. The summed E-state index contributed by atoms with van der Waals surface area (Å²) >= 11 is 0. The van der Waals surface area contributed by atoms with Crippen molar-refractivity contribution in [2.24, 2.45) is 0 Å². The van der Waals surface area contributed by atoms with Crippen LogP contribution < -0.4 is 5.32 Å². The first-order valence-electron chi connectivity index (χ1n) is 6.66. The van der Waals surface area contributed by atoms with Crippen LogP contribution in [-0.4, -0.2) is 18.9 Å². The zero-order chi connectivity index (χ0) is 11.0. The Bertz CT molecular complexity index is 153. The van der Waals surface area contributed by atoms with Crippen LogP contribution in [0.1, 0.15) is 65.2 Å². The molecule has 0 aromatic carbocycles. The fourth-order valence-corrected chi connectivity index (χ4v) is 2.49. The van der Waals surface area contributed by atoms with Crippen molar-refractivity contribution in [3.05, 3.63) is 0 Å². The Morgan fingerprint density at radius 2 is 1.80 bits per heavy atom. The second kappa shape index (κ2) is 7.24. The van der Waals surface area contributed by atoms with Gasteiger partial charge < -0.3 is 4.74 Å². The van der Waals surface area contributed by atoms with Gasteiger partial charge in [-0.25, -0.2) is 0 Å². The Morgan fingerprint density at radius 3 is 2.40 bits per heavy atom. The molecule has 1 saturated heterocycles. The van der Waals surface area contributed by atoms with Crippen LogP contribution in [0, 0.1) is 0 Å². The Labute approximate surface area is 94.8 Å². The fraction of sp³-hybridized carbons (Fsp3) is 1.00. The van der Waals surface area contributed by atoms with Gasteiger partial charge in [-0.15, -0.1) is 0 Å². The van der Waals surface area contributed by atoms with Gasteiger partial charge in [0, 0.05) is 5.54 Å². The predicted molar refractivity (Wildman–Crippen MR) is 65.0 cm³/mol. The third-order valence-corrected chi connectivity index (χ3v) is 3.42. The number of nitrogens with one attached hydrogen (secondary N) is 1. The third kappa shape index (κ3) is 4.52. The molecule has 90 valence electrons. The molecule has 1 aliphatic heterocycles. The molecule has 15 heavy (non-hydrogen) atoms. The van der Waals surface area contributed by atoms with Crippen molar-refractivity contribution in [3.63, 3.8) is 0 Å². The molecule has 1 rings (SSSR count). The molecule has 0 bridgehead atoms. The van der Waals surface area contributed by atoms with E-state index < -0.39 is 0 Å². The minimum Gasteiger partial charge on any atom is -0.364 e. The van der Waals surface area contributed by atoms with Gasteiger partial charge in [0.1, 0.15) is 0 Å². The average molecular weight is 213 g/mol. The maximum atomic E-state index is 5.48. The van der Waals surface area contributed by atoms with Crippen molar-refractivity contribution in [2.45, 2.75) is 70.8 Å². The predicted octanol–water partition coefficient (Wildman–Crippen LogP) is 3.46. The molecule has 2 nitrogen and oxygen atoms in total. The van der Waals surface area contributed by atoms with Gasteiger partial charge in [0.25, 0.3) is 0 Å². The van der Waals surface area contributed by atoms with Crippen LogP contribution in [0.2, 0.25) is 0 Å². The van der Waals surface area contributed by atoms with E-state index in [1.165, 1.54) is 51.4 Å². The summed E-state index contributed by atoms with van der Waals surface area (Å²) in [6.07, 6.45) is 10.7. The molecule has 0 aliphatic carbocycles. The van der Waals surface area contributed by atoms with E-state index in [2.05, 4.69) is 19.2 Å². The number of rotatable bonds is 8. The lowest BCUT2D eigenvalue weighted by atomic mass is 9.89. The molecule has 0 saturated carbocycles. The van der Waals surface area contributed by atoms with E-state index in [1.54, 1.807) is 0 Å². The summed E-state index contributed by atoms with van der Waals surface area (Å²) in [5.41, 5.74) is 0.320. The molecular formula is C13H27NO. The first kappa shape index (κ1) is 13.0. The summed E-state index contributed by atoms with van der Waals surface area (Å²) in [6, 6.07) is 0. The zero-order valence-corrected chi connectivity index (χ0v) is 10.5. The highest BCUT2D eigenvalue weighted by molar-refractivity contribution is 4.89. The van der Waals surface area contributed by atoms with E-state index in [0.29, 0.717) is 5.54 Å². The molecule has 0 amide bonds. The largest absolute Gasteiger partial charge is 0.364 e. The minimum absolute atomic E-state index is 0.320. The number of ether oxygens (including phenoxy) is 1. The Kier molecular flexibility index (Phi) is 6.26. The molecule has 2 heteroatoms. The van der Waals surface area contributed by atoms with Crippen LogP contribution in [0.4, 0.5) is 0 Å². The summed E-state index contributed by atoms with van der Waals surface area (Å²) < 4.78 is 5.48. The number of unbranched alkanes of at least 4 members (excludes halogenated alkanes) is 4. The second-order valence-corrected chi connectivity index (χ2v) is 4.86. The van der Waals surface area contributed by atoms with Crippen molar-refractivity contribution in [1.82, 2.24) is 5.32 Å². The van der Waals surface area contributed by atoms with E-state index in [-0.39, 0.29) is 0 Å². The van der Waals surface area contributed by atoms with E-state index in [0.717, 1.165) is 13.3 Å². The zero-order valence-electron chi connectivity index (χ0n) is 10.5. The van der Waals surface area contributed by atoms with Crippen LogP contribution in [-0.2, 0) is 4.74 Å². The van der Waals surface area contributed by atoms with E-state index >= 15 is 0 Å². The van der Waals surface area contributed by atoms with Gasteiger partial charge in [-0.3, -0.25) is 5.32 Å². The van der Waals surface area contributed by atoms with Gasteiger partial charge >= 0.3 is 0 Å². The van der Waals surface area contributed by atoms with Crippen LogP contribution >= 0.6 is 0 Å². The van der Waals surface area contributed by atoms with E-state index in [4.69, 9.17) is 4.74 Å². The molecule has 1 atom stereocenters. The van der Waals surface area contributed by atoms with Gasteiger partial charge in [-0.1, -0.05) is 52.4 Å². The Hall–Kier alpha value is -0.0800. The standard InChI is InChI=1S/C13H27NO/c1-3-5-6-7-8-10-13(9-4-2)11-15-12-14-13/h14H,3-12H2,1-2H3. The van der Waals surface area contributed by atoms with Gasteiger partial charge in [0.05, 0.1) is 13.3 Å². The molecule has 1 aliphatic rings. The lowest BCUT2D eigenvalue weighted by Gasteiger charge is -2.27. The van der Waals surface area contributed by atoms with Crippen molar-refractivity contribution < 1.29 is 4.74 Å². The van der Waals surface area contributed by atoms with Gasteiger partial charge in [-0.2, -0.15) is 0 Å². The normalized spacial score (nSPS) is 26.0. The first-order chi connectivity index (χ1) is 7.33.